The maximum Gasteiger partial charge on any atom is 0.323 e. The Balaban J connectivity index is 0.00000205. The first-order valence-corrected chi connectivity index (χ1v) is 13.9. The maximum atomic E-state index is 13.3. The average Bonchev–Trinajstić information content (AvgIpc) is 3.56. The van der Waals surface area contributed by atoms with Gasteiger partial charge in [-0.25, -0.2) is 4.79 Å². The number of fused-ring (bicyclic) bond motifs is 1. The van der Waals surface area contributed by atoms with E-state index in [1.165, 1.54) is 0 Å². The van der Waals surface area contributed by atoms with Gasteiger partial charge in [-0.1, -0.05) is 58.1 Å². The van der Waals surface area contributed by atoms with Crippen LogP contribution in [0.1, 0.15) is 57.2 Å². The van der Waals surface area contributed by atoms with Gasteiger partial charge in [0.1, 0.15) is 11.5 Å². The molecule has 0 saturated carbocycles. The Kier molecular flexibility index (Phi) is 10.2. The SMILES string of the molecule is CC.COc1cc(CN2CCC(/C3=C/C(C)(C)/C=C/c4c(c4=O)/C=C/CN3C(=O)N(C)C)CC2)cc(OC)c1. The topological polar surface area (TPSA) is 62.3 Å². The number of amides is 2. The van der Waals surface area contributed by atoms with Crippen LogP contribution in [0.15, 0.2) is 46.9 Å². The minimum atomic E-state index is -0.306. The van der Waals surface area contributed by atoms with E-state index in [-0.39, 0.29) is 22.8 Å². The lowest BCUT2D eigenvalue weighted by Crippen LogP contribution is -2.43. The highest BCUT2D eigenvalue weighted by molar-refractivity contribution is 5.78. The van der Waals surface area contributed by atoms with E-state index < -0.39 is 0 Å². The number of nitrogens with zero attached hydrogens (tertiary/aromatic N) is 3. The molecule has 0 bridgehead atoms. The molecule has 0 aromatic heterocycles. The summed E-state index contributed by atoms with van der Waals surface area (Å²) < 4.78 is 10.9. The van der Waals surface area contributed by atoms with E-state index in [1.54, 1.807) is 33.2 Å². The van der Waals surface area contributed by atoms with Crippen molar-refractivity contribution in [3.05, 3.63) is 69.0 Å². The van der Waals surface area contributed by atoms with Crippen molar-refractivity contribution < 1.29 is 14.3 Å². The van der Waals surface area contributed by atoms with Crippen LogP contribution in [0.25, 0.3) is 12.2 Å². The summed E-state index contributed by atoms with van der Waals surface area (Å²) in [5.74, 6) is 1.85. The molecule has 0 unspecified atom stereocenters. The first kappa shape index (κ1) is 30.2. The molecule has 2 aliphatic heterocycles. The molecule has 0 spiro atoms. The second kappa shape index (κ2) is 13.2. The number of carbonyl (C=O) groups is 1. The number of carbonyl (C=O) groups excluding carboxylic acids is 1. The van der Waals surface area contributed by atoms with Gasteiger partial charge in [-0.3, -0.25) is 14.6 Å². The third kappa shape index (κ3) is 7.63. The van der Waals surface area contributed by atoms with E-state index in [1.807, 2.05) is 43.0 Å². The van der Waals surface area contributed by atoms with Crippen molar-refractivity contribution in [2.45, 2.75) is 47.1 Å². The van der Waals surface area contributed by atoms with Crippen LogP contribution in [0.5, 0.6) is 11.5 Å². The zero-order valence-electron chi connectivity index (χ0n) is 24.9. The van der Waals surface area contributed by atoms with Crippen LogP contribution >= 0.6 is 0 Å². The molecule has 2 aromatic carbocycles. The summed E-state index contributed by atoms with van der Waals surface area (Å²) in [4.78, 5) is 31.4. The lowest BCUT2D eigenvalue weighted by molar-refractivity contribution is 0.158. The lowest BCUT2D eigenvalue weighted by atomic mass is 9.85. The second-order valence-corrected chi connectivity index (χ2v) is 10.8. The van der Waals surface area contributed by atoms with Gasteiger partial charge >= 0.3 is 6.03 Å². The Labute approximate surface area is 234 Å². The van der Waals surface area contributed by atoms with E-state index in [0.717, 1.165) is 66.4 Å². The first-order valence-electron chi connectivity index (χ1n) is 13.9. The molecule has 2 heterocycles. The van der Waals surface area contributed by atoms with Gasteiger partial charge in [0.05, 0.1) is 14.2 Å². The van der Waals surface area contributed by atoms with Crippen LogP contribution in [0.3, 0.4) is 0 Å². The summed E-state index contributed by atoms with van der Waals surface area (Å²) in [7, 11) is 6.92. The average molecular weight is 536 g/mol. The third-order valence-corrected chi connectivity index (χ3v) is 7.24. The van der Waals surface area contributed by atoms with Gasteiger partial charge < -0.3 is 14.4 Å². The van der Waals surface area contributed by atoms with Gasteiger partial charge in [0.25, 0.3) is 0 Å². The van der Waals surface area contributed by atoms with Crippen LogP contribution in [0.4, 0.5) is 4.79 Å². The highest BCUT2D eigenvalue weighted by atomic mass is 16.5. The van der Waals surface area contributed by atoms with Crippen molar-refractivity contribution >= 4 is 18.2 Å². The first-order chi connectivity index (χ1) is 18.6. The smallest absolute Gasteiger partial charge is 0.323 e. The molecule has 0 atom stereocenters. The van der Waals surface area contributed by atoms with E-state index in [0.29, 0.717) is 6.54 Å². The van der Waals surface area contributed by atoms with Crippen molar-refractivity contribution in [1.82, 2.24) is 14.7 Å². The number of urea groups is 1. The van der Waals surface area contributed by atoms with E-state index >= 15 is 0 Å². The predicted octanol–water partition coefficient (Wildman–Crippen LogP) is 5.81. The molecule has 0 aliphatic carbocycles. The molecule has 2 amide bonds. The zero-order valence-corrected chi connectivity index (χ0v) is 24.9. The third-order valence-electron chi connectivity index (χ3n) is 7.24. The summed E-state index contributed by atoms with van der Waals surface area (Å²) in [6.45, 7) is 11.4. The Morgan fingerprint density at radius 3 is 2.15 bits per heavy atom. The van der Waals surface area contributed by atoms with Gasteiger partial charge in [-0.05, 0) is 43.6 Å². The molecular weight excluding hydrogens is 490 g/mol. The van der Waals surface area contributed by atoms with Gasteiger partial charge in [-0.15, -0.1) is 0 Å². The van der Waals surface area contributed by atoms with Crippen LogP contribution in [-0.4, -0.2) is 68.7 Å². The highest BCUT2D eigenvalue weighted by Gasteiger charge is 2.31. The van der Waals surface area contributed by atoms with Gasteiger partial charge in [-0.2, -0.15) is 0 Å². The van der Waals surface area contributed by atoms with Crippen LogP contribution in [0, 0.1) is 11.3 Å². The number of ether oxygens (including phenoxy) is 2. The molecular formula is C32H45N3O4. The summed E-state index contributed by atoms with van der Waals surface area (Å²) >= 11 is 0. The number of hydrogen-bond acceptors (Lipinski definition) is 5. The fraction of sp³-hybridized carbons (Fsp3) is 0.500. The summed E-state index contributed by atoms with van der Waals surface area (Å²) in [5.41, 5.74) is 3.54. The normalized spacial score (nSPS) is 20.9. The number of likely N-dealkylation sites (tertiary alicyclic amines) is 1. The second-order valence-electron chi connectivity index (χ2n) is 10.8. The lowest BCUT2D eigenvalue weighted by Gasteiger charge is -2.38. The fourth-order valence-electron chi connectivity index (χ4n) is 5.09. The van der Waals surface area contributed by atoms with Crippen LogP contribution in [0.2, 0.25) is 0 Å². The molecule has 0 radical (unpaired) electrons. The van der Waals surface area contributed by atoms with Gasteiger partial charge in [0, 0.05) is 61.4 Å². The molecule has 2 aliphatic rings. The zero-order chi connectivity index (χ0) is 28.7. The standard InChI is InChI=1S/C30H39N3O4.C2H6/c1-30(2)12-9-26-25(28(26)34)8-7-13-33(29(35)31(3)4)27(19-30)22-10-14-32(15-11-22)20-21-16-23(36-5)18-24(17-21)37-6;1-2/h7-9,12,16-19,22H,10-11,13-15,20H2,1-6H3;1-2H3/b8-7+,12-9+,27-19-;. The van der Waals surface area contributed by atoms with Gasteiger partial charge in [0.2, 0.25) is 0 Å². The van der Waals surface area contributed by atoms with Crippen molar-refractivity contribution in [3.63, 3.8) is 0 Å². The molecule has 2 aromatic rings. The number of rotatable bonds is 5. The number of piperidine rings is 1. The summed E-state index contributed by atoms with van der Waals surface area (Å²) in [5, 5.41) is 0. The quantitative estimate of drug-likeness (QED) is 0.483. The maximum absolute atomic E-state index is 13.3. The molecule has 4 rings (SSSR count). The minimum Gasteiger partial charge on any atom is -0.497 e. The fourth-order valence-corrected chi connectivity index (χ4v) is 5.09. The summed E-state index contributed by atoms with van der Waals surface area (Å²) in [6, 6.07) is 5.97. The Bertz CT molecular complexity index is 1200. The molecule has 7 heteroatoms. The monoisotopic (exact) mass is 535 g/mol. The Morgan fingerprint density at radius 2 is 1.59 bits per heavy atom. The summed E-state index contributed by atoms with van der Waals surface area (Å²) in [6.07, 6.45) is 12.0. The Morgan fingerprint density at radius 1 is 1.00 bits per heavy atom. The number of allylic oxidation sites excluding steroid dienone is 3. The van der Waals surface area contributed by atoms with Gasteiger partial charge in [0.15, 0.2) is 5.43 Å². The molecule has 39 heavy (non-hydrogen) atoms. The molecule has 0 N–H and O–H groups in total. The van der Waals surface area contributed by atoms with Crippen LogP contribution in [-0.2, 0) is 6.54 Å². The van der Waals surface area contributed by atoms with Crippen LogP contribution < -0.4 is 14.9 Å². The van der Waals surface area contributed by atoms with Crippen molar-refractivity contribution in [2.24, 2.45) is 11.3 Å². The Hall–Kier alpha value is -3.32. The molecule has 212 valence electrons. The highest BCUT2D eigenvalue weighted by Crippen LogP contribution is 2.34. The van der Waals surface area contributed by atoms with E-state index in [4.69, 9.17) is 9.47 Å². The van der Waals surface area contributed by atoms with E-state index in [2.05, 4.69) is 43.0 Å². The number of methoxy groups -OCH3 is 2. The van der Waals surface area contributed by atoms with Crippen molar-refractivity contribution in [1.29, 1.82) is 0 Å². The molecule has 1 fully saturated rings. The molecule has 1 saturated heterocycles. The minimum absolute atomic E-state index is 0.0443. The number of benzene rings is 1. The number of hydrogen-bond donors (Lipinski definition) is 0. The van der Waals surface area contributed by atoms with Crippen molar-refractivity contribution in [2.75, 3.05) is 47.9 Å². The largest absolute Gasteiger partial charge is 0.497 e. The van der Waals surface area contributed by atoms with Crippen molar-refractivity contribution in [3.8, 4) is 11.5 Å². The molecule has 7 nitrogen and oxygen atoms in total. The predicted molar refractivity (Wildman–Crippen MR) is 160 cm³/mol. The van der Waals surface area contributed by atoms with E-state index in [9.17, 15) is 9.59 Å².